The Balaban J connectivity index is 0.000000168. The van der Waals surface area contributed by atoms with Crippen LogP contribution >= 0.6 is 11.3 Å². The van der Waals surface area contributed by atoms with Gasteiger partial charge in [0.15, 0.2) is 11.6 Å². The predicted molar refractivity (Wildman–Crippen MR) is 339 cm³/mol. The lowest BCUT2D eigenvalue weighted by Gasteiger charge is -2.35. The Morgan fingerprint density at radius 1 is 0.943 bits per heavy atom. The summed E-state index contributed by atoms with van der Waals surface area (Å²) >= 11 is 1.64. The van der Waals surface area contributed by atoms with Gasteiger partial charge in [-0.15, -0.1) is 11.3 Å². The monoisotopic (exact) mass is 1210 g/mol. The number of aromatic hydroxyl groups is 1. The van der Waals surface area contributed by atoms with Crippen LogP contribution < -0.4 is 25.2 Å². The fourth-order valence-corrected chi connectivity index (χ4v) is 14.2. The molecule has 6 unspecified atom stereocenters. The van der Waals surface area contributed by atoms with Crippen molar-refractivity contribution in [3.8, 4) is 33.5 Å². The van der Waals surface area contributed by atoms with E-state index < -0.39 is 5.82 Å². The molecule has 464 valence electrons. The second kappa shape index (κ2) is 28.7. The number of nitrogens with zero attached hydrogens (tertiary/aromatic N) is 10. The van der Waals surface area contributed by atoms with E-state index in [-0.39, 0.29) is 46.5 Å². The van der Waals surface area contributed by atoms with Crippen LogP contribution in [-0.4, -0.2) is 166 Å². The first kappa shape index (κ1) is 62.7. The molecule has 2 amide bonds. The van der Waals surface area contributed by atoms with Crippen molar-refractivity contribution in [2.24, 2.45) is 0 Å². The van der Waals surface area contributed by atoms with Crippen LogP contribution in [0.15, 0.2) is 76.9 Å². The van der Waals surface area contributed by atoms with Crippen LogP contribution in [0.3, 0.4) is 0 Å². The number of carbonyl (C=O) groups is 3. The molecule has 10 heterocycles. The number of nitrogens with one attached hydrogen (secondary N) is 2. The second-order valence-corrected chi connectivity index (χ2v) is 25.0. The molecular weight excluding hydrogens is 1120 g/mol. The van der Waals surface area contributed by atoms with Crippen LogP contribution in [0, 0.1) is 12.7 Å². The van der Waals surface area contributed by atoms with E-state index in [2.05, 4.69) is 92.2 Å². The van der Waals surface area contributed by atoms with E-state index in [4.69, 9.17) is 24.0 Å². The number of carbonyl (C=O) groups excluding carboxylic acids is 3. The van der Waals surface area contributed by atoms with Crippen molar-refractivity contribution < 1.29 is 37.9 Å². The molecule has 2 bridgehead atoms. The molecule has 13 rings (SSSR count). The lowest BCUT2D eigenvalue weighted by atomic mass is 9.95. The van der Waals surface area contributed by atoms with E-state index in [0.29, 0.717) is 66.8 Å². The summed E-state index contributed by atoms with van der Waals surface area (Å²) in [4.78, 5) is 64.4. The number of likely N-dealkylation sites (tertiary alicyclic amines) is 1. The van der Waals surface area contributed by atoms with Crippen molar-refractivity contribution in [3.05, 3.63) is 101 Å². The molecule has 0 spiro atoms. The zero-order valence-electron chi connectivity index (χ0n) is 51.5. The van der Waals surface area contributed by atoms with Gasteiger partial charge in [-0.2, -0.15) is 9.97 Å². The molecule has 0 radical (unpaired) electrons. The summed E-state index contributed by atoms with van der Waals surface area (Å²) in [6.07, 6.45) is 13.0. The van der Waals surface area contributed by atoms with E-state index >= 15 is 4.39 Å². The largest absolute Gasteiger partial charge is 0.508 e. The smallest absolute Gasteiger partial charge is 0.319 e. The maximum Gasteiger partial charge on any atom is 0.319 e. The summed E-state index contributed by atoms with van der Waals surface area (Å²) in [6, 6.07) is 20.7. The fourth-order valence-electron chi connectivity index (χ4n) is 13.4. The number of aryl methyl sites for hydroxylation is 2. The molecular formula is C66H85FN12O7S. The van der Waals surface area contributed by atoms with Gasteiger partial charge >= 0.3 is 6.01 Å². The Hall–Kier alpha value is -7.33. The van der Waals surface area contributed by atoms with Crippen LogP contribution in [-0.2, 0) is 32.0 Å². The van der Waals surface area contributed by atoms with Gasteiger partial charge in [0.2, 0.25) is 12.3 Å². The third kappa shape index (κ3) is 14.3. The number of benzene rings is 3. The molecule has 6 fully saturated rings. The summed E-state index contributed by atoms with van der Waals surface area (Å²) < 4.78 is 33.8. The Kier molecular flexibility index (Phi) is 20.7. The molecule has 6 aliphatic heterocycles. The second-order valence-electron chi connectivity index (χ2n) is 24.1. The number of aromatic nitrogens is 5. The Bertz CT molecular complexity index is 3460. The molecule has 7 aromatic rings. The molecule has 6 aliphatic rings. The number of halogens is 1. The number of rotatable bonds is 16. The molecule has 4 aromatic heterocycles. The van der Waals surface area contributed by atoms with Gasteiger partial charge in [0, 0.05) is 87.8 Å². The number of fused-ring (bicyclic) bond motifs is 5. The molecule has 87 heavy (non-hydrogen) atoms. The maximum absolute atomic E-state index is 16.9. The summed E-state index contributed by atoms with van der Waals surface area (Å²) in [5, 5.41) is 23.4. The SMILES string of the molecule is CC1CCCN1C(=O)Cc1cc(N2CCN(C)CC2)no1.CCC.CCc1cccc2cc(O)cc(-c3ncc4c(N5CC6CCC(C5)N6)nc(OCC56CCCN5C(COC=O)CC6)nc4c3F)c12.Cc1ncsc1-c1ccc(C(C)NC=O)cc1. The normalized spacial score (nSPS) is 22.0. The van der Waals surface area contributed by atoms with Gasteiger partial charge < -0.3 is 49.3 Å². The first-order chi connectivity index (χ1) is 42.2. The zero-order valence-corrected chi connectivity index (χ0v) is 52.3. The highest BCUT2D eigenvalue weighted by Gasteiger charge is 2.50. The zero-order chi connectivity index (χ0) is 61.2. The van der Waals surface area contributed by atoms with Gasteiger partial charge in [-0.3, -0.25) is 24.3 Å². The van der Waals surface area contributed by atoms with Gasteiger partial charge in [-0.1, -0.05) is 74.8 Å². The Morgan fingerprint density at radius 3 is 2.40 bits per heavy atom. The lowest BCUT2D eigenvalue weighted by molar-refractivity contribution is -0.131. The van der Waals surface area contributed by atoms with Crippen LogP contribution in [0.5, 0.6) is 11.8 Å². The van der Waals surface area contributed by atoms with Crippen LogP contribution in [0.25, 0.3) is 43.4 Å². The molecule has 0 saturated carbocycles. The van der Waals surface area contributed by atoms with E-state index in [9.17, 15) is 19.5 Å². The van der Waals surface area contributed by atoms with Crippen molar-refractivity contribution >= 4 is 63.4 Å². The fraction of sp³-hybridized carbons (Fsp3) is 0.515. The number of likely N-dealkylation sites (N-methyl/N-ethyl adjacent to an activating group) is 1. The quantitative estimate of drug-likeness (QED) is 0.0769. The average molecular weight is 1210 g/mol. The summed E-state index contributed by atoms with van der Waals surface area (Å²) in [5.41, 5.74) is 6.87. The van der Waals surface area contributed by atoms with Crippen molar-refractivity contribution in [1.82, 2.24) is 50.4 Å². The number of anilines is 2. The minimum atomic E-state index is -0.561. The van der Waals surface area contributed by atoms with Crippen molar-refractivity contribution in [2.75, 3.05) is 82.4 Å². The van der Waals surface area contributed by atoms with Crippen molar-refractivity contribution in [2.45, 2.75) is 148 Å². The number of phenols is 1. The van der Waals surface area contributed by atoms with Crippen molar-refractivity contribution in [1.29, 1.82) is 0 Å². The summed E-state index contributed by atoms with van der Waals surface area (Å²) in [6.45, 7) is 21.0. The molecule has 3 aromatic carbocycles. The highest BCUT2D eigenvalue weighted by Crippen LogP contribution is 2.44. The van der Waals surface area contributed by atoms with E-state index in [1.54, 1.807) is 29.7 Å². The predicted octanol–water partition coefficient (Wildman–Crippen LogP) is 10.1. The Labute approximate surface area is 514 Å². The number of thiazole rings is 1. The number of hydrogen-bond acceptors (Lipinski definition) is 18. The topological polar surface area (TPSA) is 208 Å². The molecule has 6 atom stereocenters. The standard InChI is InChI=1S/C35H39FN6O4.C15H24N4O2.C13H14N2OS.C3H8/c1-2-21-5-3-6-22-13-26(44)14-27(29(21)22)31-30(36)32-28(15-37-31)33(41-16-23-7-8-24(17-41)38-23)40-34(39-32)46-19-35-10-4-12-42(35)25(9-11-35)18-45-20-43;1-12-4-3-5-19(12)15(20)11-13-10-14(16-21-13)18-8-6-17(2)7-9-18;1-9(14-7-16)11-3-5-12(6-4-11)13-10(2)15-8-17-13;1-3-2/h3,5-6,13-15,20,23-25,38,44H,2,4,7-12,16-19H2,1H3;10,12H,3-9,11H2,1-2H3;3-9H,1-2H3,(H,14,16);3H2,1-2H3. The van der Waals surface area contributed by atoms with E-state index in [0.717, 1.165) is 150 Å². The van der Waals surface area contributed by atoms with Gasteiger partial charge in [0.25, 0.3) is 6.47 Å². The number of hydrogen-bond donors (Lipinski definition) is 3. The highest BCUT2D eigenvalue weighted by molar-refractivity contribution is 7.13. The summed E-state index contributed by atoms with van der Waals surface area (Å²) in [7, 11) is 2.13. The Morgan fingerprint density at radius 2 is 1.71 bits per heavy atom. The minimum absolute atomic E-state index is 0.0455. The van der Waals surface area contributed by atoms with Crippen LogP contribution in [0.4, 0.5) is 16.0 Å². The van der Waals surface area contributed by atoms with Crippen LogP contribution in [0.1, 0.15) is 121 Å². The van der Waals surface area contributed by atoms with Gasteiger partial charge in [-0.25, -0.2) is 9.37 Å². The first-order valence-electron chi connectivity index (χ1n) is 31.2. The van der Waals surface area contributed by atoms with Crippen molar-refractivity contribution in [3.63, 3.8) is 0 Å². The van der Waals surface area contributed by atoms with Crippen LogP contribution in [0.2, 0.25) is 0 Å². The third-order valence-electron chi connectivity index (χ3n) is 18.0. The number of piperazine rings is 2. The number of pyridine rings is 1. The molecule has 6 saturated heterocycles. The molecule has 0 aliphatic carbocycles. The van der Waals surface area contributed by atoms with Gasteiger partial charge in [0.1, 0.15) is 41.8 Å². The maximum atomic E-state index is 16.9. The minimum Gasteiger partial charge on any atom is -0.508 e. The molecule has 19 nitrogen and oxygen atoms in total. The number of amides is 2. The summed E-state index contributed by atoms with van der Waals surface area (Å²) in [5.74, 6) is 1.81. The highest BCUT2D eigenvalue weighted by atomic mass is 32.1. The molecule has 21 heteroatoms. The van der Waals surface area contributed by atoms with E-state index in [1.165, 1.54) is 16.9 Å². The van der Waals surface area contributed by atoms with Gasteiger partial charge in [-0.05, 0) is 132 Å². The number of ether oxygens (including phenoxy) is 2. The van der Waals surface area contributed by atoms with Gasteiger partial charge in [0.05, 0.1) is 39.5 Å². The lowest BCUT2D eigenvalue weighted by Crippen LogP contribution is -2.51. The van der Waals surface area contributed by atoms with E-state index in [1.807, 2.05) is 60.7 Å². The first-order valence-corrected chi connectivity index (χ1v) is 32.1. The average Bonchev–Trinajstić information content (AvgIpc) is 1.76. The number of phenolic OH excluding ortho intramolecular Hbond substituents is 1. The molecule has 3 N–H and O–H groups in total. The third-order valence-corrected chi connectivity index (χ3v) is 19.0.